The molecule has 0 spiro atoms. The highest BCUT2D eigenvalue weighted by atomic mass is 16.5. The van der Waals surface area contributed by atoms with Gasteiger partial charge in [0.2, 0.25) is 11.8 Å². The molecule has 1 aromatic heterocycles. The molecule has 1 aliphatic heterocycles. The predicted molar refractivity (Wildman–Crippen MR) is 91.6 cm³/mol. The van der Waals surface area contributed by atoms with E-state index in [4.69, 9.17) is 13.9 Å². The standard InChI is InChI=1S/C18H25N3O3/c1-11-15(22-4)9-13(10-16(11)23-5)17-19-20-18(24-17)14-7-6-8-21(3)12(14)2/h9-10,12,14H,6-8H2,1-5H3/t12-,14-/m0/s1. The zero-order valence-corrected chi connectivity index (χ0v) is 15.0. The topological polar surface area (TPSA) is 60.6 Å². The molecule has 1 aliphatic rings. The van der Waals surface area contributed by atoms with Gasteiger partial charge in [-0.3, -0.25) is 0 Å². The van der Waals surface area contributed by atoms with E-state index in [0.717, 1.165) is 42.0 Å². The Balaban J connectivity index is 1.93. The summed E-state index contributed by atoms with van der Waals surface area (Å²) in [7, 11) is 5.43. The molecule has 3 rings (SSSR count). The fraction of sp³-hybridized carbons (Fsp3) is 0.556. The smallest absolute Gasteiger partial charge is 0.248 e. The average Bonchev–Trinajstić information content (AvgIpc) is 3.07. The van der Waals surface area contributed by atoms with Crippen LogP contribution in [0.2, 0.25) is 0 Å². The second-order valence-electron chi connectivity index (χ2n) is 6.42. The summed E-state index contributed by atoms with van der Waals surface area (Å²) in [4.78, 5) is 2.34. The van der Waals surface area contributed by atoms with Gasteiger partial charge in [0, 0.05) is 17.2 Å². The highest BCUT2D eigenvalue weighted by molar-refractivity contribution is 5.62. The maximum absolute atomic E-state index is 6.01. The molecule has 1 aromatic carbocycles. The zero-order valence-electron chi connectivity index (χ0n) is 15.0. The van der Waals surface area contributed by atoms with Crippen LogP contribution in [0.1, 0.15) is 37.1 Å². The van der Waals surface area contributed by atoms with Crippen molar-refractivity contribution in [2.24, 2.45) is 0 Å². The Kier molecular flexibility index (Phi) is 4.76. The van der Waals surface area contributed by atoms with Gasteiger partial charge in [-0.2, -0.15) is 0 Å². The van der Waals surface area contributed by atoms with Crippen LogP contribution in [-0.2, 0) is 0 Å². The first-order chi connectivity index (χ1) is 11.5. The second-order valence-corrected chi connectivity index (χ2v) is 6.42. The molecule has 1 saturated heterocycles. The number of methoxy groups -OCH3 is 2. The van der Waals surface area contributed by atoms with Gasteiger partial charge in [0.05, 0.1) is 20.1 Å². The van der Waals surface area contributed by atoms with Crippen LogP contribution in [0.5, 0.6) is 11.5 Å². The minimum Gasteiger partial charge on any atom is -0.496 e. The number of benzene rings is 1. The highest BCUT2D eigenvalue weighted by Crippen LogP contribution is 2.36. The lowest BCUT2D eigenvalue weighted by Crippen LogP contribution is -2.39. The number of aromatic nitrogens is 2. The number of piperidine rings is 1. The number of hydrogen-bond donors (Lipinski definition) is 0. The van der Waals surface area contributed by atoms with Crippen molar-refractivity contribution in [2.45, 2.75) is 38.6 Å². The summed E-state index contributed by atoms with van der Waals surface area (Å²) in [6.07, 6.45) is 2.23. The van der Waals surface area contributed by atoms with E-state index in [9.17, 15) is 0 Å². The minimum absolute atomic E-state index is 0.277. The van der Waals surface area contributed by atoms with Crippen LogP contribution in [0, 0.1) is 6.92 Å². The third kappa shape index (κ3) is 2.98. The van der Waals surface area contributed by atoms with Crippen molar-refractivity contribution >= 4 is 0 Å². The van der Waals surface area contributed by atoms with E-state index in [1.807, 2.05) is 19.1 Å². The summed E-state index contributed by atoms with van der Waals surface area (Å²) in [5.74, 6) is 2.98. The minimum atomic E-state index is 0.277. The first-order valence-electron chi connectivity index (χ1n) is 8.31. The molecule has 0 saturated carbocycles. The van der Waals surface area contributed by atoms with Crippen LogP contribution in [0.3, 0.4) is 0 Å². The van der Waals surface area contributed by atoms with Crippen LogP contribution < -0.4 is 9.47 Å². The van der Waals surface area contributed by atoms with Gasteiger partial charge in [0.15, 0.2) is 0 Å². The van der Waals surface area contributed by atoms with Crippen molar-refractivity contribution in [3.8, 4) is 23.0 Å². The van der Waals surface area contributed by atoms with Crippen molar-refractivity contribution in [3.63, 3.8) is 0 Å². The maximum Gasteiger partial charge on any atom is 0.248 e. The van der Waals surface area contributed by atoms with Crippen LogP contribution in [0.15, 0.2) is 16.5 Å². The van der Waals surface area contributed by atoms with Crippen molar-refractivity contribution in [1.82, 2.24) is 15.1 Å². The van der Waals surface area contributed by atoms with E-state index in [2.05, 4.69) is 29.1 Å². The molecule has 24 heavy (non-hydrogen) atoms. The van der Waals surface area contributed by atoms with Crippen LogP contribution >= 0.6 is 0 Å². The molecule has 0 bridgehead atoms. The number of likely N-dealkylation sites (N-methyl/N-ethyl adjacent to an activating group) is 1. The third-order valence-corrected chi connectivity index (χ3v) is 5.06. The molecule has 6 nitrogen and oxygen atoms in total. The molecular weight excluding hydrogens is 306 g/mol. The van der Waals surface area contributed by atoms with Crippen LogP contribution in [-0.4, -0.2) is 49.0 Å². The van der Waals surface area contributed by atoms with E-state index in [1.54, 1.807) is 14.2 Å². The number of likely N-dealkylation sites (tertiary alicyclic amines) is 1. The monoisotopic (exact) mass is 331 g/mol. The second kappa shape index (κ2) is 6.81. The van der Waals surface area contributed by atoms with Crippen LogP contribution in [0.4, 0.5) is 0 Å². The fourth-order valence-electron chi connectivity index (χ4n) is 3.35. The number of rotatable bonds is 4. The van der Waals surface area contributed by atoms with Gasteiger partial charge in [-0.05, 0) is 52.4 Å². The molecule has 130 valence electrons. The zero-order chi connectivity index (χ0) is 17.3. The largest absolute Gasteiger partial charge is 0.496 e. The molecule has 1 fully saturated rings. The molecule has 0 amide bonds. The Morgan fingerprint density at radius 3 is 2.46 bits per heavy atom. The first kappa shape index (κ1) is 16.8. The van der Waals surface area contributed by atoms with Crippen molar-refractivity contribution in [3.05, 3.63) is 23.6 Å². The van der Waals surface area contributed by atoms with E-state index < -0.39 is 0 Å². The normalized spacial score (nSPS) is 21.7. The predicted octanol–water partition coefficient (Wildman–Crippen LogP) is 3.26. The van der Waals surface area contributed by atoms with Gasteiger partial charge in [-0.25, -0.2) is 0 Å². The number of hydrogen-bond acceptors (Lipinski definition) is 6. The fourth-order valence-corrected chi connectivity index (χ4v) is 3.35. The Hall–Kier alpha value is -2.08. The Morgan fingerprint density at radius 1 is 1.17 bits per heavy atom. The lowest BCUT2D eigenvalue weighted by Gasteiger charge is -2.34. The third-order valence-electron chi connectivity index (χ3n) is 5.06. The Labute approximate surface area is 142 Å². The quantitative estimate of drug-likeness (QED) is 0.857. The van der Waals surface area contributed by atoms with Crippen LogP contribution in [0.25, 0.3) is 11.5 Å². The van der Waals surface area contributed by atoms with E-state index in [-0.39, 0.29) is 5.92 Å². The molecule has 0 radical (unpaired) electrons. The van der Waals surface area contributed by atoms with Gasteiger partial charge in [-0.1, -0.05) is 0 Å². The summed E-state index contributed by atoms with van der Waals surface area (Å²) in [6.45, 7) is 5.29. The van der Waals surface area contributed by atoms with Gasteiger partial charge >= 0.3 is 0 Å². The Bertz CT molecular complexity index is 688. The van der Waals surface area contributed by atoms with Crippen molar-refractivity contribution < 1.29 is 13.9 Å². The summed E-state index contributed by atoms with van der Waals surface area (Å²) in [6, 6.07) is 4.21. The molecular formula is C18H25N3O3. The molecule has 0 N–H and O–H groups in total. The molecule has 2 aromatic rings. The first-order valence-corrected chi connectivity index (χ1v) is 8.31. The molecule has 6 heteroatoms. The van der Waals surface area contributed by atoms with Gasteiger partial charge in [0.1, 0.15) is 11.5 Å². The summed E-state index contributed by atoms with van der Waals surface area (Å²) >= 11 is 0. The lowest BCUT2D eigenvalue weighted by atomic mass is 9.90. The number of ether oxygens (including phenoxy) is 2. The van der Waals surface area contributed by atoms with E-state index in [0.29, 0.717) is 17.8 Å². The summed E-state index contributed by atoms with van der Waals surface area (Å²) < 4.78 is 16.9. The Morgan fingerprint density at radius 2 is 1.83 bits per heavy atom. The van der Waals surface area contributed by atoms with Crippen molar-refractivity contribution in [1.29, 1.82) is 0 Å². The average molecular weight is 331 g/mol. The molecule has 2 heterocycles. The molecule has 2 atom stereocenters. The summed E-state index contributed by atoms with van der Waals surface area (Å²) in [5.41, 5.74) is 1.76. The maximum atomic E-state index is 6.01. The van der Waals surface area contributed by atoms with E-state index >= 15 is 0 Å². The molecule has 0 unspecified atom stereocenters. The summed E-state index contributed by atoms with van der Waals surface area (Å²) in [5, 5.41) is 8.56. The highest BCUT2D eigenvalue weighted by Gasteiger charge is 2.31. The van der Waals surface area contributed by atoms with Crippen molar-refractivity contribution in [2.75, 3.05) is 27.8 Å². The lowest BCUT2D eigenvalue weighted by molar-refractivity contribution is 0.158. The van der Waals surface area contributed by atoms with Gasteiger partial charge in [0.25, 0.3) is 0 Å². The van der Waals surface area contributed by atoms with Gasteiger partial charge < -0.3 is 18.8 Å². The van der Waals surface area contributed by atoms with E-state index in [1.165, 1.54) is 0 Å². The van der Waals surface area contributed by atoms with Gasteiger partial charge in [-0.15, -0.1) is 10.2 Å². The number of nitrogens with zero attached hydrogens (tertiary/aromatic N) is 3. The SMILES string of the molecule is COc1cc(-c2nnc([C@H]3CCCN(C)[C@H]3C)o2)cc(OC)c1C. The molecule has 0 aliphatic carbocycles.